The molecule has 1 N–H and O–H groups in total. The van der Waals surface area contributed by atoms with Gasteiger partial charge in [-0.3, -0.25) is 0 Å². The highest BCUT2D eigenvalue weighted by Gasteiger charge is 2.18. The number of H-pyrrole nitrogens is 1. The minimum atomic E-state index is -3.44. The number of fused-ring (bicyclic) bond motifs is 1. The van der Waals surface area contributed by atoms with Crippen molar-refractivity contribution in [3.63, 3.8) is 0 Å². The van der Waals surface area contributed by atoms with Crippen molar-refractivity contribution in [2.75, 3.05) is 12.9 Å². The van der Waals surface area contributed by atoms with Crippen LogP contribution in [0.2, 0.25) is 0 Å². The van der Waals surface area contributed by atoms with Gasteiger partial charge in [0.1, 0.15) is 0 Å². The smallest absolute Gasteiger partial charge is 0.337 e. The van der Waals surface area contributed by atoms with E-state index in [1.807, 2.05) is 31.2 Å². The lowest BCUT2D eigenvalue weighted by Gasteiger charge is -2.06. The summed E-state index contributed by atoms with van der Waals surface area (Å²) in [6, 6.07) is 13.7. The molecule has 6 heteroatoms. The number of benzene rings is 2. The molecule has 5 nitrogen and oxygen atoms in total. The zero-order valence-electron chi connectivity index (χ0n) is 14.1. The maximum Gasteiger partial charge on any atom is 0.337 e. The number of carbonyl (C=O) groups excluding carboxylic acids is 1. The molecule has 0 spiro atoms. The number of methoxy groups -OCH3 is 1. The van der Waals surface area contributed by atoms with Gasteiger partial charge in [-0.1, -0.05) is 18.2 Å². The molecule has 0 radical (unpaired) electrons. The Labute approximate surface area is 146 Å². The fourth-order valence-corrected chi connectivity index (χ4v) is 4.19. The number of hydrogen-bond donors (Lipinski definition) is 1. The topological polar surface area (TPSA) is 76.2 Å². The Morgan fingerprint density at radius 1 is 1.08 bits per heavy atom. The average Bonchev–Trinajstić information content (AvgIpc) is 2.94. The van der Waals surface area contributed by atoms with Crippen LogP contribution in [0.15, 0.2) is 53.4 Å². The molecule has 25 heavy (non-hydrogen) atoms. The van der Waals surface area contributed by atoms with Crippen LogP contribution >= 0.6 is 0 Å². The van der Waals surface area contributed by atoms with Gasteiger partial charge >= 0.3 is 5.97 Å². The van der Waals surface area contributed by atoms with Gasteiger partial charge in [-0.05, 0) is 49.2 Å². The standard InChI is InChI=1S/C19H19NO4S/c1-13-16(17-5-3-4-6-18(17)20-13)11-12-25(22,23)15-9-7-14(8-10-15)19(21)24-2/h3-10,20H,11-12H2,1-2H3. The van der Waals surface area contributed by atoms with Gasteiger partial charge in [0, 0.05) is 16.6 Å². The lowest BCUT2D eigenvalue weighted by atomic mass is 10.1. The van der Waals surface area contributed by atoms with E-state index in [4.69, 9.17) is 0 Å². The lowest BCUT2D eigenvalue weighted by Crippen LogP contribution is -2.10. The van der Waals surface area contributed by atoms with Gasteiger partial charge in [-0.25, -0.2) is 13.2 Å². The van der Waals surface area contributed by atoms with Gasteiger partial charge in [0.2, 0.25) is 0 Å². The molecule has 0 unspecified atom stereocenters. The normalized spacial score (nSPS) is 11.6. The molecule has 1 heterocycles. The Hall–Kier alpha value is -2.60. The quantitative estimate of drug-likeness (QED) is 0.711. The third-order valence-corrected chi connectivity index (χ3v) is 6.01. The number of hydrogen-bond acceptors (Lipinski definition) is 4. The number of rotatable bonds is 5. The summed E-state index contributed by atoms with van der Waals surface area (Å²) >= 11 is 0. The number of esters is 1. The fourth-order valence-electron chi connectivity index (χ4n) is 2.93. The number of aromatic amines is 1. The van der Waals surface area contributed by atoms with Crippen LogP contribution in [-0.4, -0.2) is 32.2 Å². The zero-order valence-corrected chi connectivity index (χ0v) is 14.9. The molecular weight excluding hydrogens is 338 g/mol. The number of aromatic nitrogens is 1. The van der Waals surface area contributed by atoms with Crippen LogP contribution in [-0.2, 0) is 21.0 Å². The molecule has 3 rings (SSSR count). The number of nitrogens with one attached hydrogen (secondary N) is 1. The third kappa shape index (κ3) is 3.44. The molecule has 0 aliphatic rings. The van der Waals surface area contributed by atoms with Crippen molar-refractivity contribution in [2.45, 2.75) is 18.2 Å². The summed E-state index contributed by atoms with van der Waals surface area (Å²) in [7, 11) is -2.15. The van der Waals surface area contributed by atoms with Gasteiger partial charge < -0.3 is 9.72 Å². The van der Waals surface area contributed by atoms with Crippen LogP contribution in [0.5, 0.6) is 0 Å². The molecule has 0 aliphatic heterocycles. The predicted octanol–water partition coefficient (Wildman–Crippen LogP) is 3.28. The van der Waals surface area contributed by atoms with Gasteiger partial charge in [0.05, 0.1) is 23.3 Å². The third-order valence-electron chi connectivity index (χ3n) is 4.28. The largest absolute Gasteiger partial charge is 0.465 e. The molecule has 130 valence electrons. The van der Waals surface area contributed by atoms with E-state index in [1.165, 1.54) is 31.4 Å². The van der Waals surface area contributed by atoms with Crippen molar-refractivity contribution in [1.29, 1.82) is 0 Å². The molecule has 0 bridgehead atoms. The van der Waals surface area contributed by atoms with Crippen molar-refractivity contribution in [3.8, 4) is 0 Å². The van der Waals surface area contributed by atoms with E-state index in [2.05, 4.69) is 9.72 Å². The van der Waals surface area contributed by atoms with Crippen LogP contribution in [0.3, 0.4) is 0 Å². The highest BCUT2D eigenvalue weighted by atomic mass is 32.2. The maximum absolute atomic E-state index is 12.6. The molecule has 2 aromatic carbocycles. The number of para-hydroxylation sites is 1. The number of sulfone groups is 1. The fraction of sp³-hybridized carbons (Fsp3) is 0.211. The van der Waals surface area contributed by atoms with E-state index in [9.17, 15) is 13.2 Å². The van der Waals surface area contributed by atoms with E-state index in [0.717, 1.165) is 22.2 Å². The highest BCUT2D eigenvalue weighted by Crippen LogP contribution is 2.23. The molecule has 0 aliphatic carbocycles. The second kappa shape index (κ2) is 6.72. The zero-order chi connectivity index (χ0) is 18.0. The first-order valence-corrected chi connectivity index (χ1v) is 9.55. The van der Waals surface area contributed by atoms with E-state index >= 15 is 0 Å². The first kappa shape index (κ1) is 17.2. The second-order valence-corrected chi connectivity index (χ2v) is 7.97. The Morgan fingerprint density at radius 3 is 2.44 bits per heavy atom. The van der Waals surface area contributed by atoms with Crippen molar-refractivity contribution in [1.82, 2.24) is 4.98 Å². The molecule has 0 saturated carbocycles. The summed E-state index contributed by atoms with van der Waals surface area (Å²) < 4.78 is 29.8. The minimum Gasteiger partial charge on any atom is -0.465 e. The van der Waals surface area contributed by atoms with Crippen LogP contribution in [0.4, 0.5) is 0 Å². The Kier molecular flexibility index (Phi) is 4.63. The molecule has 0 saturated heterocycles. The number of carbonyl (C=O) groups is 1. The summed E-state index contributed by atoms with van der Waals surface area (Å²) in [5.74, 6) is -0.480. The number of aryl methyl sites for hydroxylation is 2. The number of ether oxygens (including phenoxy) is 1. The summed E-state index contributed by atoms with van der Waals surface area (Å²) in [6.45, 7) is 1.95. The molecule has 1 aromatic heterocycles. The first-order chi connectivity index (χ1) is 11.9. The van der Waals surface area contributed by atoms with E-state index < -0.39 is 15.8 Å². The molecule has 0 fully saturated rings. The van der Waals surface area contributed by atoms with Crippen LogP contribution in [0.25, 0.3) is 10.9 Å². The summed E-state index contributed by atoms with van der Waals surface area (Å²) in [4.78, 5) is 14.9. The molecule has 3 aromatic rings. The Bertz CT molecular complexity index is 1020. The van der Waals surface area contributed by atoms with Crippen molar-refractivity contribution in [2.24, 2.45) is 0 Å². The predicted molar refractivity (Wildman–Crippen MR) is 96.6 cm³/mol. The summed E-state index contributed by atoms with van der Waals surface area (Å²) in [5, 5.41) is 1.05. The minimum absolute atomic E-state index is 0.00720. The first-order valence-electron chi connectivity index (χ1n) is 7.89. The van der Waals surface area contributed by atoms with E-state index in [0.29, 0.717) is 12.0 Å². The molecular formula is C19H19NO4S. The molecule has 0 amide bonds. The van der Waals surface area contributed by atoms with Gasteiger partial charge in [-0.2, -0.15) is 0 Å². The van der Waals surface area contributed by atoms with E-state index in [-0.39, 0.29) is 10.6 Å². The second-order valence-electron chi connectivity index (χ2n) is 5.86. The van der Waals surface area contributed by atoms with Gasteiger partial charge in [0.25, 0.3) is 0 Å². The van der Waals surface area contributed by atoms with Crippen molar-refractivity contribution >= 4 is 26.7 Å². The van der Waals surface area contributed by atoms with Crippen LogP contribution in [0, 0.1) is 6.92 Å². The average molecular weight is 357 g/mol. The Morgan fingerprint density at radius 2 is 1.76 bits per heavy atom. The Balaban J connectivity index is 1.82. The molecule has 0 atom stereocenters. The summed E-state index contributed by atoms with van der Waals surface area (Å²) in [5.41, 5.74) is 3.34. The lowest BCUT2D eigenvalue weighted by molar-refractivity contribution is 0.0600. The van der Waals surface area contributed by atoms with Gasteiger partial charge in [0.15, 0.2) is 9.84 Å². The summed E-state index contributed by atoms with van der Waals surface area (Å²) in [6.07, 6.45) is 0.428. The maximum atomic E-state index is 12.6. The SMILES string of the molecule is COC(=O)c1ccc(S(=O)(=O)CCc2c(C)[nH]c3ccccc23)cc1. The van der Waals surface area contributed by atoms with Crippen LogP contribution in [0.1, 0.15) is 21.6 Å². The van der Waals surface area contributed by atoms with E-state index in [1.54, 1.807) is 0 Å². The van der Waals surface area contributed by atoms with Crippen LogP contribution < -0.4 is 0 Å². The van der Waals surface area contributed by atoms with Crippen molar-refractivity contribution < 1.29 is 17.9 Å². The van der Waals surface area contributed by atoms with Gasteiger partial charge in [-0.15, -0.1) is 0 Å². The monoisotopic (exact) mass is 357 g/mol. The van der Waals surface area contributed by atoms with Crippen molar-refractivity contribution in [3.05, 3.63) is 65.4 Å². The highest BCUT2D eigenvalue weighted by molar-refractivity contribution is 7.91.